The molecule has 1 saturated heterocycles. The van der Waals surface area contributed by atoms with Crippen molar-refractivity contribution in [1.82, 2.24) is 14.7 Å². The zero-order valence-electron chi connectivity index (χ0n) is 22.3. The molecule has 0 radical (unpaired) electrons. The average molecular weight is 530 g/mol. The molecule has 1 atom stereocenters. The van der Waals surface area contributed by atoms with E-state index in [9.17, 15) is 14.7 Å². The number of methoxy groups -OCH3 is 1. The van der Waals surface area contributed by atoms with Gasteiger partial charge in [0.2, 0.25) is 0 Å². The summed E-state index contributed by atoms with van der Waals surface area (Å²) in [5, 5.41) is 12.3. The van der Waals surface area contributed by atoms with E-state index in [4.69, 9.17) is 9.47 Å². The fourth-order valence-electron chi connectivity index (χ4n) is 5.38. The number of hydrogen-bond donors (Lipinski definition) is 1. The summed E-state index contributed by atoms with van der Waals surface area (Å²) in [5.74, 6) is 0.798. The first-order valence-corrected chi connectivity index (χ1v) is 13.4. The molecule has 2 aliphatic heterocycles. The normalized spacial score (nSPS) is 16.9. The van der Waals surface area contributed by atoms with Crippen LogP contribution in [0.1, 0.15) is 26.3 Å². The number of ether oxygens (including phenoxy) is 2. The Kier molecular flexibility index (Phi) is 8.26. The van der Waals surface area contributed by atoms with Crippen molar-refractivity contribution in [2.75, 3.05) is 59.5 Å². The van der Waals surface area contributed by atoms with E-state index >= 15 is 0 Å². The highest BCUT2D eigenvalue weighted by atomic mass is 16.5. The van der Waals surface area contributed by atoms with Crippen LogP contribution in [0, 0.1) is 0 Å². The SMILES string of the molecule is C=CCc1ccc(OC[C@H](O)CN2CCN(CCN3C(=O)c4cccc5cccc(c45)C3=O)CC2)c(OC)c1. The molecule has 2 amide bonds. The smallest absolute Gasteiger partial charge is 0.261 e. The van der Waals surface area contributed by atoms with Crippen molar-refractivity contribution in [3.63, 3.8) is 0 Å². The lowest BCUT2D eigenvalue weighted by Crippen LogP contribution is -2.51. The number of piperazine rings is 1. The predicted molar refractivity (Wildman–Crippen MR) is 151 cm³/mol. The maximum atomic E-state index is 13.1. The van der Waals surface area contributed by atoms with E-state index in [2.05, 4.69) is 16.4 Å². The molecule has 0 saturated carbocycles. The number of β-amino-alcohol motifs (C(OH)–C–C–N with tert-alkyl or cyclic N) is 1. The number of carbonyl (C=O) groups excluding carboxylic acids is 2. The summed E-state index contributed by atoms with van der Waals surface area (Å²) in [4.78, 5) is 32.1. The number of rotatable bonds is 11. The van der Waals surface area contributed by atoms with Crippen molar-refractivity contribution < 1.29 is 24.2 Å². The first-order chi connectivity index (χ1) is 19.0. The van der Waals surface area contributed by atoms with Crippen molar-refractivity contribution in [2.45, 2.75) is 12.5 Å². The lowest BCUT2D eigenvalue weighted by atomic mass is 9.94. The third-order valence-electron chi connectivity index (χ3n) is 7.47. The average Bonchev–Trinajstić information content (AvgIpc) is 2.96. The second-order valence-corrected chi connectivity index (χ2v) is 10.1. The molecule has 1 N–H and O–H groups in total. The summed E-state index contributed by atoms with van der Waals surface area (Å²) in [7, 11) is 1.60. The lowest BCUT2D eigenvalue weighted by molar-refractivity contribution is 0.0411. The highest BCUT2D eigenvalue weighted by Crippen LogP contribution is 2.30. The van der Waals surface area contributed by atoms with Crippen molar-refractivity contribution >= 4 is 22.6 Å². The Morgan fingerprint density at radius 1 is 0.923 bits per heavy atom. The molecule has 8 heteroatoms. The standard InChI is InChI=1S/C31H35N3O5/c1-3-6-22-11-12-27(28(19-22)38-2)39-21-24(35)20-33-15-13-32(14-16-33)17-18-34-30(36)25-9-4-7-23-8-5-10-26(29(23)25)31(34)37/h3-5,7-12,19,24,35H,1,6,13-18,20-21H2,2H3/t24-/m1/s1. The summed E-state index contributed by atoms with van der Waals surface area (Å²) >= 11 is 0. The van der Waals surface area contributed by atoms with E-state index in [0.717, 1.165) is 48.9 Å². The van der Waals surface area contributed by atoms with Crippen LogP contribution in [0.3, 0.4) is 0 Å². The van der Waals surface area contributed by atoms with Gasteiger partial charge in [-0.15, -0.1) is 6.58 Å². The summed E-state index contributed by atoms with van der Waals surface area (Å²) in [6, 6.07) is 16.9. The predicted octanol–water partition coefficient (Wildman–Crippen LogP) is 3.23. The van der Waals surface area contributed by atoms with Gasteiger partial charge in [-0.1, -0.05) is 36.4 Å². The molecule has 0 aliphatic carbocycles. The summed E-state index contributed by atoms with van der Waals surface area (Å²) in [5.41, 5.74) is 2.27. The molecule has 2 aliphatic rings. The van der Waals surface area contributed by atoms with Gasteiger partial charge in [-0.25, -0.2) is 0 Å². The topological polar surface area (TPSA) is 82.6 Å². The van der Waals surface area contributed by atoms with E-state index < -0.39 is 6.10 Å². The number of aliphatic hydroxyl groups is 1. The number of imide groups is 1. The molecule has 1 fully saturated rings. The Morgan fingerprint density at radius 3 is 2.23 bits per heavy atom. The zero-order chi connectivity index (χ0) is 27.4. The fraction of sp³-hybridized carbons (Fsp3) is 0.355. The molecule has 39 heavy (non-hydrogen) atoms. The molecule has 2 heterocycles. The number of amides is 2. The highest BCUT2D eigenvalue weighted by Gasteiger charge is 2.33. The van der Waals surface area contributed by atoms with E-state index in [1.807, 2.05) is 48.5 Å². The molecule has 0 bridgehead atoms. The number of allylic oxidation sites excluding steroid dienone is 1. The third kappa shape index (κ3) is 5.83. The van der Waals surface area contributed by atoms with E-state index in [0.29, 0.717) is 42.3 Å². The highest BCUT2D eigenvalue weighted by molar-refractivity contribution is 6.25. The zero-order valence-corrected chi connectivity index (χ0v) is 22.3. The molecular formula is C31H35N3O5. The lowest BCUT2D eigenvalue weighted by Gasteiger charge is -2.36. The van der Waals surface area contributed by atoms with Crippen molar-refractivity contribution in [3.8, 4) is 11.5 Å². The monoisotopic (exact) mass is 529 g/mol. The van der Waals surface area contributed by atoms with Crippen LogP contribution in [0.5, 0.6) is 11.5 Å². The van der Waals surface area contributed by atoms with Crippen LogP contribution in [0.15, 0.2) is 67.3 Å². The van der Waals surface area contributed by atoms with Crippen molar-refractivity contribution in [2.24, 2.45) is 0 Å². The quantitative estimate of drug-likeness (QED) is 0.302. The molecule has 0 spiro atoms. The van der Waals surface area contributed by atoms with E-state index in [1.54, 1.807) is 19.2 Å². The van der Waals surface area contributed by atoms with Gasteiger partial charge in [0.25, 0.3) is 11.8 Å². The Hall–Kier alpha value is -3.72. The van der Waals surface area contributed by atoms with Gasteiger partial charge in [-0.3, -0.25) is 24.3 Å². The molecule has 5 rings (SSSR count). The van der Waals surface area contributed by atoms with Crippen LogP contribution < -0.4 is 9.47 Å². The summed E-state index contributed by atoms with van der Waals surface area (Å²) in [6.45, 7) is 8.60. The second-order valence-electron chi connectivity index (χ2n) is 10.1. The Bertz CT molecular complexity index is 1310. The van der Waals surface area contributed by atoms with E-state index in [-0.39, 0.29) is 18.4 Å². The van der Waals surface area contributed by atoms with Crippen LogP contribution in [0.4, 0.5) is 0 Å². The van der Waals surface area contributed by atoms with Crippen molar-refractivity contribution in [3.05, 3.63) is 83.9 Å². The second kappa shape index (κ2) is 12.0. The fourth-order valence-corrected chi connectivity index (χ4v) is 5.38. The Morgan fingerprint density at radius 2 is 1.59 bits per heavy atom. The molecule has 3 aromatic rings. The van der Waals surface area contributed by atoms with Crippen molar-refractivity contribution in [1.29, 1.82) is 0 Å². The number of nitrogens with zero attached hydrogens (tertiary/aromatic N) is 3. The maximum absolute atomic E-state index is 13.1. The first-order valence-electron chi connectivity index (χ1n) is 13.4. The molecule has 3 aromatic carbocycles. The number of carbonyl (C=O) groups is 2. The minimum Gasteiger partial charge on any atom is -0.493 e. The first kappa shape index (κ1) is 26.9. The van der Waals surface area contributed by atoms with Gasteiger partial charge >= 0.3 is 0 Å². The Balaban J connectivity index is 1.08. The van der Waals surface area contributed by atoms with Crippen LogP contribution >= 0.6 is 0 Å². The van der Waals surface area contributed by atoms with Gasteiger partial charge in [0.05, 0.1) is 7.11 Å². The van der Waals surface area contributed by atoms with Gasteiger partial charge < -0.3 is 14.6 Å². The van der Waals surface area contributed by atoms with E-state index in [1.165, 1.54) is 4.90 Å². The molecule has 8 nitrogen and oxygen atoms in total. The van der Waals surface area contributed by atoms with Crippen LogP contribution in [0.2, 0.25) is 0 Å². The largest absolute Gasteiger partial charge is 0.493 e. The number of aliphatic hydroxyl groups excluding tert-OH is 1. The molecule has 0 aromatic heterocycles. The van der Waals surface area contributed by atoms with Crippen LogP contribution in [0.25, 0.3) is 10.8 Å². The third-order valence-corrected chi connectivity index (χ3v) is 7.47. The Labute approximate surface area is 229 Å². The minimum absolute atomic E-state index is 0.171. The number of hydrogen-bond acceptors (Lipinski definition) is 7. The molecule has 204 valence electrons. The van der Waals surface area contributed by atoms with Gasteiger partial charge in [-0.2, -0.15) is 0 Å². The summed E-state index contributed by atoms with van der Waals surface area (Å²) in [6.07, 6.45) is 1.95. The van der Waals surface area contributed by atoms with Crippen LogP contribution in [-0.4, -0.2) is 97.3 Å². The molecule has 0 unspecified atom stereocenters. The van der Waals surface area contributed by atoms with Crippen LogP contribution in [-0.2, 0) is 6.42 Å². The number of benzene rings is 3. The van der Waals surface area contributed by atoms with Gasteiger partial charge in [0.15, 0.2) is 11.5 Å². The minimum atomic E-state index is -0.638. The summed E-state index contributed by atoms with van der Waals surface area (Å²) < 4.78 is 11.3. The molecular weight excluding hydrogens is 494 g/mol. The van der Waals surface area contributed by atoms with Gasteiger partial charge in [0, 0.05) is 62.3 Å². The van der Waals surface area contributed by atoms with Gasteiger partial charge in [0.1, 0.15) is 12.7 Å². The maximum Gasteiger partial charge on any atom is 0.261 e. The van der Waals surface area contributed by atoms with Gasteiger partial charge in [-0.05, 0) is 41.6 Å².